The molecule has 11 heteroatoms. The van der Waals surface area contributed by atoms with Crippen LogP contribution in [-0.2, 0) is 24.7 Å². The molecule has 0 bridgehead atoms. The molecule has 0 aromatic carbocycles. The summed E-state index contributed by atoms with van der Waals surface area (Å²) in [6, 6.07) is 0. The Balaban J connectivity index is 0. The molecule has 0 aliphatic carbocycles. The Labute approximate surface area is 81.4 Å². The van der Waals surface area contributed by atoms with Crippen molar-refractivity contribution >= 4 is 22.3 Å². The maximum absolute atomic E-state index is 11.2. The van der Waals surface area contributed by atoms with Crippen LogP contribution in [0, 0.1) is 0 Å². The van der Waals surface area contributed by atoms with Gasteiger partial charge in [0.15, 0.2) is 0 Å². The fraction of sp³-hybridized carbons (Fsp3) is 0.500. The van der Waals surface area contributed by atoms with Gasteiger partial charge in [-0.2, -0.15) is 21.6 Å². The fourth-order valence-corrected chi connectivity index (χ4v) is 0.188. The molecule has 7 nitrogen and oxygen atoms in total. The molecular weight excluding hydrogens is 249 g/mol. The molecule has 90 valence electrons. The van der Waals surface area contributed by atoms with E-state index in [2.05, 4.69) is 4.74 Å². The van der Waals surface area contributed by atoms with Gasteiger partial charge >= 0.3 is 28.5 Å². The highest BCUT2D eigenvalue weighted by atomic mass is 32.3. The van der Waals surface area contributed by atoms with Crippen LogP contribution in [0.25, 0.3) is 0 Å². The summed E-state index contributed by atoms with van der Waals surface area (Å²) in [5.41, 5.74) is 0. The number of alkyl halides is 3. The fourth-order valence-electron chi connectivity index (χ4n) is 0.188. The molecule has 2 N–H and O–H groups in total. The average Bonchev–Trinajstić information content (AvgIpc) is 1.78. The second-order valence-corrected chi connectivity index (χ2v) is 2.72. The van der Waals surface area contributed by atoms with E-state index in [-0.39, 0.29) is 0 Å². The SMILES string of the molecule is CC(=O)OC(=O)C(F)(F)F.O=S(=O)(O)O. The Kier molecular flexibility index (Phi) is 6.09. The summed E-state index contributed by atoms with van der Waals surface area (Å²) in [6.45, 7) is 0.712. The highest BCUT2D eigenvalue weighted by Gasteiger charge is 2.41. The first-order valence-electron chi connectivity index (χ1n) is 2.83. The van der Waals surface area contributed by atoms with E-state index in [1.807, 2.05) is 0 Å². The minimum absolute atomic E-state index is 0.712. The largest absolute Gasteiger partial charge is 0.491 e. The predicted molar refractivity (Wildman–Crippen MR) is 37.0 cm³/mol. The van der Waals surface area contributed by atoms with Crippen molar-refractivity contribution in [3.05, 3.63) is 0 Å². The summed E-state index contributed by atoms with van der Waals surface area (Å²) in [4.78, 5) is 19.5. The number of rotatable bonds is 0. The second kappa shape index (κ2) is 5.63. The van der Waals surface area contributed by atoms with Crippen LogP contribution in [0.15, 0.2) is 0 Å². The van der Waals surface area contributed by atoms with Gasteiger partial charge in [-0.15, -0.1) is 0 Å². The maximum atomic E-state index is 11.2. The molecule has 0 aromatic rings. The van der Waals surface area contributed by atoms with Crippen LogP contribution < -0.4 is 0 Å². The lowest BCUT2D eigenvalue weighted by atomic mass is 10.6. The van der Waals surface area contributed by atoms with Gasteiger partial charge < -0.3 is 4.74 Å². The van der Waals surface area contributed by atoms with Crippen LogP contribution >= 0.6 is 0 Å². The number of esters is 2. The van der Waals surface area contributed by atoms with Crippen molar-refractivity contribution in [3.63, 3.8) is 0 Å². The summed E-state index contributed by atoms with van der Waals surface area (Å²) in [5, 5.41) is 0. The Morgan fingerprint density at radius 2 is 1.47 bits per heavy atom. The summed E-state index contributed by atoms with van der Waals surface area (Å²) in [5.74, 6) is -3.76. The van der Waals surface area contributed by atoms with Crippen molar-refractivity contribution in [1.29, 1.82) is 0 Å². The summed E-state index contributed by atoms with van der Waals surface area (Å²) < 4.78 is 68.3. The minimum Gasteiger partial charge on any atom is -0.387 e. The molecule has 0 aromatic heterocycles. The first-order chi connectivity index (χ1) is 6.34. The lowest BCUT2D eigenvalue weighted by molar-refractivity contribution is -0.201. The van der Waals surface area contributed by atoms with Crippen LogP contribution in [0.3, 0.4) is 0 Å². The van der Waals surface area contributed by atoms with E-state index in [9.17, 15) is 22.8 Å². The highest BCUT2D eigenvalue weighted by Crippen LogP contribution is 2.16. The van der Waals surface area contributed by atoms with Crippen molar-refractivity contribution in [3.8, 4) is 0 Å². The highest BCUT2D eigenvalue weighted by molar-refractivity contribution is 7.79. The number of carbonyl (C=O) groups excluding carboxylic acids is 2. The zero-order valence-corrected chi connectivity index (χ0v) is 7.79. The number of carbonyl (C=O) groups is 2. The van der Waals surface area contributed by atoms with E-state index in [0.717, 1.165) is 0 Å². The zero-order valence-electron chi connectivity index (χ0n) is 6.98. The standard InChI is InChI=1S/C4H3F3O3.H2O4S/c1-2(8)10-3(9)4(5,6)7;1-5(2,3)4/h1H3;(H2,1,2,3,4). The maximum Gasteiger partial charge on any atom is 0.491 e. The molecule has 0 spiro atoms. The third kappa shape index (κ3) is 19.3. The third-order valence-electron chi connectivity index (χ3n) is 0.468. The van der Waals surface area contributed by atoms with Crippen molar-refractivity contribution in [2.75, 3.05) is 0 Å². The molecule has 0 saturated heterocycles. The molecule has 0 amide bonds. The lowest BCUT2D eigenvalue weighted by Gasteiger charge is -2.01. The van der Waals surface area contributed by atoms with E-state index in [1.54, 1.807) is 0 Å². The number of hydrogen-bond donors (Lipinski definition) is 2. The van der Waals surface area contributed by atoms with Gasteiger partial charge in [0.05, 0.1) is 0 Å². The Morgan fingerprint density at radius 3 is 1.53 bits per heavy atom. The minimum atomic E-state index is -5.09. The number of hydrogen-bond acceptors (Lipinski definition) is 5. The topological polar surface area (TPSA) is 118 Å². The predicted octanol–water partition coefficient (Wildman–Crippen LogP) is -0.0144. The van der Waals surface area contributed by atoms with Crippen LogP contribution in [0.1, 0.15) is 6.92 Å². The normalized spacial score (nSPS) is 11.1. The van der Waals surface area contributed by atoms with Gasteiger partial charge in [-0.25, -0.2) is 4.79 Å². The van der Waals surface area contributed by atoms with Crippen molar-refractivity contribution in [1.82, 2.24) is 0 Å². The van der Waals surface area contributed by atoms with Crippen molar-refractivity contribution in [2.45, 2.75) is 13.1 Å². The molecule has 0 fully saturated rings. The van der Waals surface area contributed by atoms with E-state index in [0.29, 0.717) is 6.92 Å². The van der Waals surface area contributed by atoms with Gasteiger partial charge in [-0.1, -0.05) is 0 Å². The molecule has 0 atom stereocenters. The Morgan fingerprint density at radius 1 is 1.20 bits per heavy atom. The van der Waals surface area contributed by atoms with Gasteiger partial charge in [-0.3, -0.25) is 13.9 Å². The number of halogens is 3. The smallest absolute Gasteiger partial charge is 0.387 e. The third-order valence-corrected chi connectivity index (χ3v) is 0.468. The van der Waals surface area contributed by atoms with Gasteiger partial charge in [0.1, 0.15) is 0 Å². The second-order valence-electron chi connectivity index (χ2n) is 1.83. The average molecular weight is 254 g/mol. The Hall–Kier alpha value is -1.20. The van der Waals surface area contributed by atoms with E-state index in [4.69, 9.17) is 17.5 Å². The molecule has 0 aliphatic heterocycles. The molecule has 0 aliphatic rings. The van der Waals surface area contributed by atoms with Crippen molar-refractivity contribution < 1.29 is 45.0 Å². The zero-order chi connectivity index (χ0) is 12.9. The summed E-state index contributed by atoms with van der Waals surface area (Å²) >= 11 is 0. The Bertz CT molecular complexity index is 321. The first-order valence-corrected chi connectivity index (χ1v) is 4.23. The van der Waals surface area contributed by atoms with Gasteiger partial charge in [0.25, 0.3) is 0 Å². The van der Waals surface area contributed by atoms with Gasteiger partial charge in [0.2, 0.25) is 0 Å². The number of ether oxygens (including phenoxy) is 1. The molecule has 0 rings (SSSR count). The lowest BCUT2D eigenvalue weighted by Crippen LogP contribution is -2.26. The monoisotopic (exact) mass is 254 g/mol. The van der Waals surface area contributed by atoms with E-state index in [1.165, 1.54) is 0 Å². The van der Waals surface area contributed by atoms with Crippen LogP contribution in [0.2, 0.25) is 0 Å². The molecule has 15 heavy (non-hydrogen) atoms. The van der Waals surface area contributed by atoms with E-state index >= 15 is 0 Å². The molecule has 0 radical (unpaired) electrons. The van der Waals surface area contributed by atoms with Crippen LogP contribution in [0.4, 0.5) is 13.2 Å². The summed E-state index contributed by atoms with van der Waals surface area (Å²) in [7, 11) is -4.67. The van der Waals surface area contributed by atoms with Crippen molar-refractivity contribution in [2.24, 2.45) is 0 Å². The van der Waals surface area contributed by atoms with Crippen LogP contribution in [0.5, 0.6) is 0 Å². The molecule has 0 unspecified atom stereocenters. The first kappa shape index (κ1) is 16.2. The molecule has 0 heterocycles. The molecular formula is C4H5F3O7S. The quantitative estimate of drug-likeness (QED) is 0.354. The molecule has 0 saturated carbocycles. The summed E-state index contributed by atoms with van der Waals surface area (Å²) in [6.07, 6.45) is -5.09. The van der Waals surface area contributed by atoms with Crippen LogP contribution in [-0.4, -0.2) is 35.6 Å². The van der Waals surface area contributed by atoms with Gasteiger partial charge in [0, 0.05) is 6.92 Å². The van der Waals surface area contributed by atoms with Gasteiger partial charge in [-0.05, 0) is 0 Å². The van der Waals surface area contributed by atoms with E-state index < -0.39 is 28.5 Å².